The van der Waals surface area contributed by atoms with Crippen LogP contribution < -0.4 is 0 Å². The summed E-state index contributed by atoms with van der Waals surface area (Å²) in [5.41, 5.74) is 0.280. The van der Waals surface area contributed by atoms with E-state index in [-0.39, 0.29) is 12.2 Å². The number of rotatable bonds is 4. The number of thioether (sulfide) groups is 1. The second-order valence-corrected chi connectivity index (χ2v) is 3.57. The van der Waals surface area contributed by atoms with Gasteiger partial charge in [-0.1, -0.05) is 6.07 Å². The molecule has 0 spiro atoms. The molecule has 2 N–H and O–H groups in total. The van der Waals surface area contributed by atoms with Crippen LogP contribution in [0.1, 0.15) is 10.4 Å². The van der Waals surface area contributed by atoms with Crippen LogP contribution in [-0.2, 0) is 0 Å². The van der Waals surface area contributed by atoms with Crippen molar-refractivity contribution < 1.29 is 15.0 Å². The van der Waals surface area contributed by atoms with Crippen LogP contribution >= 0.6 is 11.8 Å². The first-order valence-corrected chi connectivity index (χ1v) is 4.79. The minimum absolute atomic E-state index is 0.0992. The van der Waals surface area contributed by atoms with Gasteiger partial charge in [-0.05, 0) is 18.2 Å². The van der Waals surface area contributed by atoms with Gasteiger partial charge in [0, 0.05) is 10.6 Å². The summed E-state index contributed by atoms with van der Waals surface area (Å²) in [6.07, 6.45) is 0. The molecule has 0 unspecified atom stereocenters. The third-order valence-corrected chi connectivity index (χ3v) is 2.41. The highest BCUT2D eigenvalue weighted by atomic mass is 32.2. The second-order valence-electron chi connectivity index (χ2n) is 2.41. The van der Waals surface area contributed by atoms with Crippen LogP contribution in [0.3, 0.4) is 0 Å². The van der Waals surface area contributed by atoms with Gasteiger partial charge >= 0.3 is 5.97 Å². The fraction of sp³-hybridized carbons (Fsp3) is 0.222. The lowest BCUT2D eigenvalue weighted by Gasteiger charge is -2.00. The van der Waals surface area contributed by atoms with Crippen molar-refractivity contribution in [3.05, 3.63) is 29.8 Å². The monoisotopic (exact) mass is 198 g/mol. The van der Waals surface area contributed by atoms with Gasteiger partial charge in [0.15, 0.2) is 0 Å². The highest BCUT2D eigenvalue weighted by Crippen LogP contribution is 2.18. The number of aromatic carboxylic acids is 1. The molecule has 0 radical (unpaired) electrons. The number of aliphatic hydroxyl groups excluding tert-OH is 1. The van der Waals surface area contributed by atoms with Crippen molar-refractivity contribution >= 4 is 17.7 Å². The van der Waals surface area contributed by atoms with Crippen molar-refractivity contribution in [1.29, 1.82) is 0 Å². The van der Waals surface area contributed by atoms with E-state index in [2.05, 4.69) is 0 Å². The van der Waals surface area contributed by atoms with Gasteiger partial charge in [-0.15, -0.1) is 11.8 Å². The third-order valence-electron chi connectivity index (χ3n) is 1.44. The largest absolute Gasteiger partial charge is 0.478 e. The summed E-state index contributed by atoms with van der Waals surface area (Å²) in [5, 5.41) is 17.2. The molecule has 0 aliphatic carbocycles. The van der Waals surface area contributed by atoms with Gasteiger partial charge < -0.3 is 10.2 Å². The van der Waals surface area contributed by atoms with E-state index in [1.54, 1.807) is 18.2 Å². The Morgan fingerprint density at radius 3 is 2.85 bits per heavy atom. The highest BCUT2D eigenvalue weighted by molar-refractivity contribution is 7.99. The second kappa shape index (κ2) is 4.89. The summed E-state index contributed by atoms with van der Waals surface area (Å²) < 4.78 is 0. The fourth-order valence-corrected chi connectivity index (χ4v) is 1.59. The van der Waals surface area contributed by atoms with Crippen LogP contribution in [0.5, 0.6) is 0 Å². The Balaban J connectivity index is 2.73. The van der Waals surface area contributed by atoms with Gasteiger partial charge in [-0.2, -0.15) is 0 Å². The Morgan fingerprint density at radius 2 is 2.23 bits per heavy atom. The predicted molar refractivity (Wildman–Crippen MR) is 51.2 cm³/mol. The number of benzene rings is 1. The van der Waals surface area contributed by atoms with Gasteiger partial charge in [-0.3, -0.25) is 0 Å². The van der Waals surface area contributed by atoms with Gasteiger partial charge in [0.05, 0.1) is 12.2 Å². The minimum atomic E-state index is -0.925. The summed E-state index contributed by atoms with van der Waals surface area (Å²) in [6, 6.07) is 6.67. The maximum absolute atomic E-state index is 10.6. The van der Waals surface area contributed by atoms with Crippen molar-refractivity contribution in [3.63, 3.8) is 0 Å². The minimum Gasteiger partial charge on any atom is -0.478 e. The normalized spacial score (nSPS) is 9.92. The molecule has 0 saturated carbocycles. The number of carboxylic acid groups (broad SMARTS) is 1. The molecule has 0 saturated heterocycles. The first kappa shape index (κ1) is 10.1. The van der Waals surface area contributed by atoms with E-state index in [0.717, 1.165) is 4.90 Å². The van der Waals surface area contributed by atoms with Gasteiger partial charge in [0.25, 0.3) is 0 Å². The van der Waals surface area contributed by atoms with E-state index >= 15 is 0 Å². The van der Waals surface area contributed by atoms with E-state index < -0.39 is 5.97 Å². The Hall–Kier alpha value is -1.00. The number of aliphatic hydroxyl groups is 1. The molecule has 13 heavy (non-hydrogen) atoms. The highest BCUT2D eigenvalue weighted by Gasteiger charge is 2.02. The summed E-state index contributed by atoms with van der Waals surface area (Å²) in [4.78, 5) is 11.4. The zero-order valence-corrected chi connectivity index (χ0v) is 7.75. The van der Waals surface area contributed by atoms with Gasteiger partial charge in [-0.25, -0.2) is 4.79 Å². The molecule has 70 valence electrons. The molecule has 0 amide bonds. The van der Waals surface area contributed by atoms with Crippen molar-refractivity contribution in [2.24, 2.45) is 0 Å². The van der Waals surface area contributed by atoms with E-state index in [1.165, 1.54) is 11.8 Å². The zero-order valence-electron chi connectivity index (χ0n) is 6.93. The summed E-state index contributed by atoms with van der Waals surface area (Å²) in [5.74, 6) is -0.338. The topological polar surface area (TPSA) is 57.5 Å². The van der Waals surface area contributed by atoms with E-state index in [0.29, 0.717) is 5.75 Å². The van der Waals surface area contributed by atoms with Crippen molar-refractivity contribution in [2.45, 2.75) is 4.90 Å². The molecule has 0 heterocycles. The first-order chi connectivity index (χ1) is 6.24. The average molecular weight is 198 g/mol. The number of hydrogen-bond donors (Lipinski definition) is 2. The molecule has 3 nitrogen and oxygen atoms in total. The molecule has 0 aliphatic heterocycles. The SMILES string of the molecule is O=C(O)c1cccc(SCCO)c1. The molecular formula is C9H10O3S. The fourth-order valence-electron chi connectivity index (χ4n) is 0.882. The molecule has 0 bridgehead atoms. The van der Waals surface area contributed by atoms with Crippen LogP contribution in [-0.4, -0.2) is 28.5 Å². The van der Waals surface area contributed by atoms with Gasteiger partial charge in [0.2, 0.25) is 0 Å². The molecule has 1 aromatic carbocycles. The molecule has 4 heteroatoms. The maximum Gasteiger partial charge on any atom is 0.335 e. The molecule has 0 fully saturated rings. The Bertz CT molecular complexity index is 299. The number of carboxylic acids is 1. The smallest absolute Gasteiger partial charge is 0.335 e. The quantitative estimate of drug-likeness (QED) is 0.719. The summed E-state index contributed by atoms with van der Waals surface area (Å²) in [7, 11) is 0. The lowest BCUT2D eigenvalue weighted by Crippen LogP contribution is -1.95. The predicted octanol–water partition coefficient (Wildman–Crippen LogP) is 1.47. The summed E-state index contributed by atoms with van der Waals surface area (Å²) in [6.45, 7) is 0.0992. The van der Waals surface area contributed by atoms with Crippen molar-refractivity contribution in [1.82, 2.24) is 0 Å². The summed E-state index contributed by atoms with van der Waals surface area (Å²) >= 11 is 1.44. The van der Waals surface area contributed by atoms with Crippen LogP contribution in [0.4, 0.5) is 0 Å². The van der Waals surface area contributed by atoms with Crippen LogP contribution in [0.15, 0.2) is 29.2 Å². The molecular weight excluding hydrogens is 188 g/mol. The number of carbonyl (C=O) groups is 1. The van der Waals surface area contributed by atoms with Gasteiger partial charge in [0.1, 0.15) is 0 Å². The van der Waals surface area contributed by atoms with Crippen LogP contribution in [0, 0.1) is 0 Å². The lowest BCUT2D eigenvalue weighted by molar-refractivity contribution is 0.0696. The lowest BCUT2D eigenvalue weighted by atomic mass is 10.2. The third kappa shape index (κ3) is 3.08. The molecule has 0 aliphatic rings. The molecule has 0 atom stereocenters. The molecule has 1 aromatic rings. The number of hydrogen-bond acceptors (Lipinski definition) is 3. The zero-order chi connectivity index (χ0) is 9.68. The molecule has 1 rings (SSSR count). The standard InChI is InChI=1S/C9H10O3S/c10-4-5-13-8-3-1-2-7(6-8)9(11)12/h1-3,6,10H,4-5H2,(H,11,12). The van der Waals surface area contributed by atoms with Crippen molar-refractivity contribution in [3.8, 4) is 0 Å². The van der Waals surface area contributed by atoms with E-state index in [4.69, 9.17) is 10.2 Å². The Labute approximate surface area is 80.4 Å². The Kier molecular flexibility index (Phi) is 3.79. The first-order valence-electron chi connectivity index (χ1n) is 3.81. The van der Waals surface area contributed by atoms with Crippen LogP contribution in [0.2, 0.25) is 0 Å². The maximum atomic E-state index is 10.6. The molecule has 0 aromatic heterocycles. The van der Waals surface area contributed by atoms with Crippen molar-refractivity contribution in [2.75, 3.05) is 12.4 Å². The Morgan fingerprint density at radius 1 is 1.46 bits per heavy atom. The van der Waals surface area contributed by atoms with Crippen LogP contribution in [0.25, 0.3) is 0 Å². The van der Waals surface area contributed by atoms with E-state index in [1.807, 2.05) is 6.07 Å². The average Bonchev–Trinajstić information content (AvgIpc) is 2.15. The van der Waals surface area contributed by atoms with E-state index in [9.17, 15) is 4.79 Å².